The molecule has 1 aromatic rings. The molecule has 4 heteroatoms. The molecule has 0 bridgehead atoms. The van der Waals surface area contributed by atoms with Gasteiger partial charge in [-0.1, -0.05) is 25.5 Å². The lowest BCUT2D eigenvalue weighted by atomic mass is 9.78. The fraction of sp³-hybridized carbons (Fsp3) is 0.588. The zero-order valence-electron chi connectivity index (χ0n) is 13.0. The lowest BCUT2D eigenvalue weighted by Crippen LogP contribution is -2.46. The van der Waals surface area contributed by atoms with Crippen LogP contribution in [0.15, 0.2) is 24.3 Å². The lowest BCUT2D eigenvalue weighted by molar-refractivity contribution is -0.00612. The summed E-state index contributed by atoms with van der Waals surface area (Å²) in [5.74, 6) is 0.728. The monoisotopic (exact) mass is 290 g/mol. The lowest BCUT2D eigenvalue weighted by Gasteiger charge is -2.35. The molecule has 2 rings (SSSR count). The number of urea groups is 1. The predicted molar refractivity (Wildman–Crippen MR) is 85.4 cm³/mol. The van der Waals surface area contributed by atoms with E-state index in [1.807, 2.05) is 31.2 Å². The van der Waals surface area contributed by atoms with Crippen molar-refractivity contribution in [2.75, 3.05) is 11.9 Å². The summed E-state index contributed by atoms with van der Waals surface area (Å²) in [4.78, 5) is 11.9. The van der Waals surface area contributed by atoms with Gasteiger partial charge in [0, 0.05) is 12.2 Å². The first-order chi connectivity index (χ1) is 10.0. The Morgan fingerprint density at radius 3 is 2.71 bits per heavy atom. The van der Waals surface area contributed by atoms with Crippen LogP contribution in [0, 0.1) is 12.8 Å². The number of anilines is 1. The Bertz CT molecular complexity index is 479. The van der Waals surface area contributed by atoms with E-state index in [1.165, 1.54) is 6.42 Å². The molecule has 0 radical (unpaired) electrons. The van der Waals surface area contributed by atoms with Crippen molar-refractivity contribution in [2.45, 2.75) is 51.6 Å². The fourth-order valence-corrected chi connectivity index (χ4v) is 2.94. The van der Waals surface area contributed by atoms with Crippen LogP contribution in [-0.4, -0.2) is 23.3 Å². The van der Waals surface area contributed by atoms with E-state index >= 15 is 0 Å². The number of hydrogen-bond acceptors (Lipinski definition) is 2. The van der Waals surface area contributed by atoms with E-state index in [4.69, 9.17) is 0 Å². The van der Waals surface area contributed by atoms with E-state index in [9.17, 15) is 9.90 Å². The van der Waals surface area contributed by atoms with Crippen molar-refractivity contribution in [1.82, 2.24) is 5.32 Å². The zero-order chi connectivity index (χ0) is 15.3. The quantitative estimate of drug-likeness (QED) is 0.795. The van der Waals surface area contributed by atoms with Crippen LogP contribution in [0.3, 0.4) is 0 Å². The average Bonchev–Trinajstić information content (AvgIpc) is 2.46. The van der Waals surface area contributed by atoms with E-state index in [0.717, 1.165) is 42.9 Å². The molecule has 1 aromatic carbocycles. The molecule has 0 aliphatic heterocycles. The minimum atomic E-state index is -0.740. The molecule has 1 saturated carbocycles. The summed E-state index contributed by atoms with van der Waals surface area (Å²) in [5.41, 5.74) is 1.13. The molecule has 0 saturated heterocycles. The third-order valence-corrected chi connectivity index (χ3v) is 4.47. The van der Waals surface area contributed by atoms with Gasteiger partial charge in [-0.25, -0.2) is 4.79 Å². The van der Waals surface area contributed by atoms with Crippen molar-refractivity contribution in [2.24, 2.45) is 5.92 Å². The van der Waals surface area contributed by atoms with Gasteiger partial charge in [-0.3, -0.25) is 0 Å². The van der Waals surface area contributed by atoms with Crippen molar-refractivity contribution < 1.29 is 9.90 Å². The molecule has 3 N–H and O–H groups in total. The molecular weight excluding hydrogens is 264 g/mol. The Labute approximate surface area is 126 Å². The number of hydrogen-bond donors (Lipinski definition) is 3. The topological polar surface area (TPSA) is 61.4 Å². The first kappa shape index (κ1) is 15.8. The van der Waals surface area contributed by atoms with Gasteiger partial charge >= 0.3 is 6.03 Å². The largest absolute Gasteiger partial charge is 0.388 e. The van der Waals surface area contributed by atoms with E-state index in [1.54, 1.807) is 0 Å². The van der Waals surface area contributed by atoms with E-state index in [-0.39, 0.29) is 6.03 Å². The molecule has 116 valence electrons. The van der Waals surface area contributed by atoms with Gasteiger partial charge in [-0.15, -0.1) is 0 Å². The van der Waals surface area contributed by atoms with Gasteiger partial charge < -0.3 is 15.7 Å². The van der Waals surface area contributed by atoms with Crippen LogP contribution < -0.4 is 10.6 Å². The van der Waals surface area contributed by atoms with Crippen LogP contribution in [0.1, 0.15) is 44.6 Å². The average molecular weight is 290 g/mol. The summed E-state index contributed by atoms with van der Waals surface area (Å²) in [6.07, 6.45) is 4.83. The molecule has 4 nitrogen and oxygen atoms in total. The number of carbonyl (C=O) groups is 1. The standard InChI is InChI=1S/C17H26N2O2/c1-3-14-7-9-17(21,10-8-14)12-18-16(20)19-15-6-4-5-13(2)11-15/h4-6,11,14,21H,3,7-10,12H2,1-2H3,(H2,18,19,20). The zero-order valence-corrected chi connectivity index (χ0v) is 13.0. The van der Waals surface area contributed by atoms with Gasteiger partial charge in [-0.2, -0.15) is 0 Å². The van der Waals surface area contributed by atoms with Gasteiger partial charge in [0.05, 0.1) is 5.60 Å². The normalized spacial score (nSPS) is 25.4. The second-order valence-electron chi connectivity index (χ2n) is 6.25. The SMILES string of the molecule is CCC1CCC(O)(CNC(=O)Nc2cccc(C)c2)CC1. The van der Waals surface area contributed by atoms with Gasteiger partial charge in [-0.05, 0) is 56.2 Å². The van der Waals surface area contributed by atoms with Crippen molar-refractivity contribution in [3.63, 3.8) is 0 Å². The van der Waals surface area contributed by atoms with Crippen molar-refractivity contribution in [1.29, 1.82) is 0 Å². The number of amides is 2. The molecule has 0 spiro atoms. The molecule has 2 amide bonds. The Morgan fingerprint density at radius 2 is 2.10 bits per heavy atom. The molecule has 0 unspecified atom stereocenters. The number of rotatable bonds is 4. The summed E-state index contributed by atoms with van der Waals surface area (Å²) < 4.78 is 0. The highest BCUT2D eigenvalue weighted by Gasteiger charge is 2.32. The Kier molecular flexibility index (Phi) is 5.23. The van der Waals surface area contributed by atoms with Crippen molar-refractivity contribution in [3.8, 4) is 0 Å². The van der Waals surface area contributed by atoms with Gasteiger partial charge in [0.1, 0.15) is 0 Å². The highest BCUT2D eigenvalue weighted by Crippen LogP contribution is 2.33. The summed E-state index contributed by atoms with van der Waals surface area (Å²) in [7, 11) is 0. The van der Waals surface area contributed by atoms with Gasteiger partial charge in [0.15, 0.2) is 0 Å². The summed E-state index contributed by atoms with van der Waals surface area (Å²) in [6, 6.07) is 7.41. The maximum absolute atomic E-state index is 11.9. The molecular formula is C17H26N2O2. The predicted octanol–water partition coefficient (Wildman–Crippen LogP) is 3.45. The Morgan fingerprint density at radius 1 is 1.38 bits per heavy atom. The van der Waals surface area contributed by atoms with Crippen LogP contribution in [-0.2, 0) is 0 Å². The van der Waals surface area contributed by atoms with E-state index in [2.05, 4.69) is 17.6 Å². The van der Waals surface area contributed by atoms with Crippen LogP contribution in [0.4, 0.5) is 10.5 Å². The minimum absolute atomic E-state index is 0.258. The molecule has 0 atom stereocenters. The summed E-state index contributed by atoms with van der Waals surface area (Å²) in [5, 5.41) is 16.1. The first-order valence-corrected chi connectivity index (χ1v) is 7.85. The number of benzene rings is 1. The number of aryl methyl sites for hydroxylation is 1. The van der Waals surface area contributed by atoms with Crippen LogP contribution >= 0.6 is 0 Å². The van der Waals surface area contributed by atoms with Crippen LogP contribution in [0.25, 0.3) is 0 Å². The summed E-state index contributed by atoms with van der Waals surface area (Å²) in [6.45, 7) is 4.50. The summed E-state index contributed by atoms with van der Waals surface area (Å²) >= 11 is 0. The number of carbonyl (C=O) groups excluding carboxylic acids is 1. The molecule has 1 aliphatic rings. The van der Waals surface area contributed by atoms with E-state index < -0.39 is 5.60 Å². The smallest absolute Gasteiger partial charge is 0.319 e. The van der Waals surface area contributed by atoms with Crippen molar-refractivity contribution in [3.05, 3.63) is 29.8 Å². The number of nitrogens with one attached hydrogen (secondary N) is 2. The van der Waals surface area contributed by atoms with Crippen LogP contribution in [0.5, 0.6) is 0 Å². The third kappa shape index (κ3) is 4.74. The first-order valence-electron chi connectivity index (χ1n) is 7.85. The highest BCUT2D eigenvalue weighted by atomic mass is 16.3. The minimum Gasteiger partial charge on any atom is -0.388 e. The molecule has 21 heavy (non-hydrogen) atoms. The fourth-order valence-electron chi connectivity index (χ4n) is 2.94. The molecule has 0 aromatic heterocycles. The Hall–Kier alpha value is -1.55. The third-order valence-electron chi connectivity index (χ3n) is 4.47. The molecule has 1 fully saturated rings. The van der Waals surface area contributed by atoms with E-state index in [0.29, 0.717) is 6.54 Å². The maximum Gasteiger partial charge on any atom is 0.319 e. The van der Waals surface area contributed by atoms with Crippen LogP contribution in [0.2, 0.25) is 0 Å². The number of aliphatic hydroxyl groups is 1. The molecule has 0 heterocycles. The van der Waals surface area contributed by atoms with Gasteiger partial charge in [0.25, 0.3) is 0 Å². The van der Waals surface area contributed by atoms with Crippen molar-refractivity contribution >= 4 is 11.7 Å². The Balaban J connectivity index is 1.78. The second kappa shape index (κ2) is 6.94. The molecule has 1 aliphatic carbocycles. The van der Waals surface area contributed by atoms with Gasteiger partial charge in [0.2, 0.25) is 0 Å². The maximum atomic E-state index is 11.9. The highest BCUT2D eigenvalue weighted by molar-refractivity contribution is 5.89. The second-order valence-corrected chi connectivity index (χ2v) is 6.25.